The van der Waals surface area contributed by atoms with Crippen LogP contribution in [-0.2, 0) is 10.0 Å². The fourth-order valence-corrected chi connectivity index (χ4v) is 3.95. The number of halogens is 1. The van der Waals surface area contributed by atoms with Gasteiger partial charge in [-0.05, 0) is 41.6 Å². The Labute approximate surface area is 123 Å². The highest BCUT2D eigenvalue weighted by atomic mass is 79.9. The van der Waals surface area contributed by atoms with Crippen LogP contribution in [0.1, 0.15) is 37.7 Å². The number of hydrogen-bond acceptors (Lipinski definition) is 2. The Hall–Kier alpha value is -0.650. The number of benzene rings is 1. The molecule has 0 aliphatic heterocycles. The van der Waals surface area contributed by atoms with Gasteiger partial charge in [-0.15, -0.1) is 0 Å². The van der Waals surface area contributed by atoms with Crippen molar-refractivity contribution in [2.24, 2.45) is 0 Å². The molecular weight excluding hydrogens is 326 g/mol. The van der Waals surface area contributed by atoms with Crippen LogP contribution in [0.2, 0.25) is 0 Å². The van der Waals surface area contributed by atoms with Gasteiger partial charge in [0.05, 0.1) is 4.90 Å². The first-order valence-electron chi connectivity index (χ1n) is 6.51. The standard InChI is InChI=1S/C14H18BrNO2S/c15-11-10-12-6-8-14(9-7-12)19(17,18)16-13-4-2-1-3-5-13/h6-11,13,16H,1-5H2/b11-10-. The maximum atomic E-state index is 12.2. The Morgan fingerprint density at radius 2 is 1.74 bits per heavy atom. The summed E-state index contributed by atoms with van der Waals surface area (Å²) < 4.78 is 27.3. The molecule has 3 nitrogen and oxygen atoms in total. The van der Waals surface area contributed by atoms with Crippen LogP contribution in [0.5, 0.6) is 0 Å². The number of rotatable bonds is 4. The summed E-state index contributed by atoms with van der Waals surface area (Å²) in [6.07, 6.45) is 7.20. The highest BCUT2D eigenvalue weighted by Crippen LogP contribution is 2.20. The zero-order valence-electron chi connectivity index (χ0n) is 10.7. The Bertz CT molecular complexity index is 531. The summed E-state index contributed by atoms with van der Waals surface area (Å²) in [5, 5.41) is 0. The van der Waals surface area contributed by atoms with Crippen molar-refractivity contribution >= 4 is 32.0 Å². The van der Waals surface area contributed by atoms with E-state index < -0.39 is 10.0 Å². The minimum absolute atomic E-state index is 0.0980. The summed E-state index contributed by atoms with van der Waals surface area (Å²) in [4.78, 5) is 2.08. The fraction of sp³-hybridized carbons (Fsp3) is 0.429. The van der Waals surface area contributed by atoms with Gasteiger partial charge in [0.25, 0.3) is 0 Å². The van der Waals surface area contributed by atoms with Crippen LogP contribution < -0.4 is 4.72 Å². The molecule has 1 saturated carbocycles. The van der Waals surface area contributed by atoms with Crippen LogP contribution in [0, 0.1) is 0 Å². The summed E-state index contributed by atoms with van der Waals surface area (Å²) in [5.41, 5.74) is 0.966. The summed E-state index contributed by atoms with van der Waals surface area (Å²) in [7, 11) is -3.38. The Balaban J connectivity index is 2.09. The zero-order valence-corrected chi connectivity index (χ0v) is 13.1. The third-order valence-corrected chi connectivity index (χ3v) is 5.17. The van der Waals surface area contributed by atoms with Crippen molar-refractivity contribution < 1.29 is 8.42 Å². The van der Waals surface area contributed by atoms with Crippen LogP contribution in [-0.4, -0.2) is 14.5 Å². The first-order valence-corrected chi connectivity index (χ1v) is 8.91. The van der Waals surface area contributed by atoms with Crippen LogP contribution in [0.15, 0.2) is 34.1 Å². The van der Waals surface area contributed by atoms with Gasteiger partial charge >= 0.3 is 0 Å². The topological polar surface area (TPSA) is 46.2 Å². The lowest BCUT2D eigenvalue weighted by Crippen LogP contribution is -2.36. The highest BCUT2D eigenvalue weighted by molar-refractivity contribution is 9.11. The van der Waals surface area contributed by atoms with Crippen molar-refractivity contribution in [1.82, 2.24) is 4.72 Å². The molecule has 1 aromatic rings. The van der Waals surface area contributed by atoms with E-state index in [4.69, 9.17) is 0 Å². The molecule has 5 heteroatoms. The molecule has 1 aromatic carbocycles. The van der Waals surface area contributed by atoms with Gasteiger partial charge in [-0.25, -0.2) is 13.1 Å². The first-order chi connectivity index (χ1) is 9.12. The molecule has 0 heterocycles. The van der Waals surface area contributed by atoms with E-state index in [9.17, 15) is 8.42 Å². The minimum atomic E-state index is -3.38. The lowest BCUT2D eigenvalue weighted by atomic mass is 9.96. The SMILES string of the molecule is O=S(=O)(NC1CCCCC1)c1ccc(/C=C\Br)cc1. The average Bonchev–Trinajstić information content (AvgIpc) is 2.40. The predicted molar refractivity (Wildman–Crippen MR) is 81.6 cm³/mol. The van der Waals surface area contributed by atoms with Gasteiger partial charge in [0, 0.05) is 6.04 Å². The second-order valence-corrected chi connectivity index (χ2v) is 7.06. The van der Waals surface area contributed by atoms with Crippen molar-refractivity contribution in [2.45, 2.75) is 43.0 Å². The molecule has 0 amide bonds. The maximum absolute atomic E-state index is 12.2. The lowest BCUT2D eigenvalue weighted by Gasteiger charge is -2.22. The van der Waals surface area contributed by atoms with Gasteiger partial charge in [-0.2, -0.15) is 0 Å². The van der Waals surface area contributed by atoms with Gasteiger partial charge in [-0.1, -0.05) is 47.3 Å². The van der Waals surface area contributed by atoms with Crippen molar-refractivity contribution in [3.8, 4) is 0 Å². The lowest BCUT2D eigenvalue weighted by molar-refractivity contribution is 0.412. The van der Waals surface area contributed by atoms with Gasteiger partial charge in [0.15, 0.2) is 0 Å². The van der Waals surface area contributed by atoms with Crippen LogP contribution in [0.3, 0.4) is 0 Å². The average molecular weight is 344 g/mol. The van der Waals surface area contributed by atoms with Crippen molar-refractivity contribution in [1.29, 1.82) is 0 Å². The molecule has 104 valence electrons. The summed E-state index contributed by atoms with van der Waals surface area (Å²) in [6.45, 7) is 0. The van der Waals surface area contributed by atoms with Crippen LogP contribution in [0.4, 0.5) is 0 Å². The minimum Gasteiger partial charge on any atom is -0.208 e. The molecule has 1 aliphatic rings. The molecule has 1 aliphatic carbocycles. The smallest absolute Gasteiger partial charge is 0.208 e. The van der Waals surface area contributed by atoms with E-state index in [1.807, 2.05) is 6.08 Å². The molecule has 0 bridgehead atoms. The zero-order chi connectivity index (χ0) is 13.7. The molecule has 0 aromatic heterocycles. The number of sulfonamides is 1. The van der Waals surface area contributed by atoms with E-state index in [1.54, 1.807) is 29.3 Å². The van der Waals surface area contributed by atoms with Gasteiger partial charge in [-0.3, -0.25) is 0 Å². The predicted octanol–water partition coefficient (Wildman–Crippen LogP) is 3.66. The maximum Gasteiger partial charge on any atom is 0.240 e. The Morgan fingerprint density at radius 3 is 2.32 bits per heavy atom. The van der Waals surface area contributed by atoms with Gasteiger partial charge < -0.3 is 0 Å². The van der Waals surface area contributed by atoms with E-state index in [0.717, 1.165) is 31.2 Å². The highest BCUT2D eigenvalue weighted by Gasteiger charge is 2.21. The monoisotopic (exact) mass is 343 g/mol. The molecular formula is C14H18BrNO2S. The molecule has 0 saturated heterocycles. The Morgan fingerprint density at radius 1 is 1.11 bits per heavy atom. The van der Waals surface area contributed by atoms with E-state index in [2.05, 4.69) is 20.7 Å². The Kier molecular flexibility index (Phi) is 5.19. The van der Waals surface area contributed by atoms with Crippen molar-refractivity contribution in [3.63, 3.8) is 0 Å². The van der Waals surface area contributed by atoms with Crippen molar-refractivity contribution in [2.75, 3.05) is 0 Å². The van der Waals surface area contributed by atoms with Crippen LogP contribution in [0.25, 0.3) is 6.08 Å². The fourth-order valence-electron chi connectivity index (χ4n) is 2.34. The number of hydrogen-bond donors (Lipinski definition) is 1. The van der Waals surface area contributed by atoms with Gasteiger partial charge in [0.2, 0.25) is 10.0 Å². The molecule has 19 heavy (non-hydrogen) atoms. The van der Waals surface area contributed by atoms with Gasteiger partial charge in [0.1, 0.15) is 0 Å². The quantitative estimate of drug-likeness (QED) is 0.906. The second kappa shape index (κ2) is 6.68. The molecule has 0 radical (unpaired) electrons. The summed E-state index contributed by atoms with van der Waals surface area (Å²) >= 11 is 3.20. The van der Waals surface area contributed by atoms with Crippen molar-refractivity contribution in [3.05, 3.63) is 34.8 Å². The third-order valence-electron chi connectivity index (χ3n) is 3.37. The van der Waals surface area contributed by atoms with E-state index in [-0.39, 0.29) is 6.04 Å². The van der Waals surface area contributed by atoms with E-state index >= 15 is 0 Å². The second-order valence-electron chi connectivity index (χ2n) is 4.82. The molecule has 1 fully saturated rings. The number of nitrogens with one attached hydrogen (secondary N) is 1. The first kappa shape index (κ1) is 14.8. The van der Waals surface area contributed by atoms with Crippen LogP contribution >= 0.6 is 15.9 Å². The normalized spacial score (nSPS) is 17.9. The third kappa shape index (κ3) is 4.16. The van der Waals surface area contributed by atoms with E-state index in [1.165, 1.54) is 6.42 Å². The molecule has 0 spiro atoms. The van der Waals surface area contributed by atoms with E-state index in [0.29, 0.717) is 4.90 Å². The molecule has 2 rings (SSSR count). The molecule has 0 unspecified atom stereocenters. The molecule has 0 atom stereocenters. The summed E-state index contributed by atoms with van der Waals surface area (Å²) in [6, 6.07) is 6.99. The molecule has 1 N–H and O–H groups in total. The largest absolute Gasteiger partial charge is 0.240 e. The summed E-state index contributed by atoms with van der Waals surface area (Å²) in [5.74, 6) is 0.